The molecule has 0 spiro atoms. The zero-order chi connectivity index (χ0) is 27.9. The van der Waals surface area contributed by atoms with E-state index in [1.807, 2.05) is 6.07 Å². The molecular weight excluding hydrogens is 508 g/mol. The Hall–Kier alpha value is -5.47. The van der Waals surface area contributed by atoms with Gasteiger partial charge in [-0.05, 0) is 72.8 Å². The molecule has 198 valence electrons. The fraction of sp³-hybridized carbons (Fsp3) is 0.0250. The maximum atomic E-state index is 5.10. The van der Waals surface area contributed by atoms with Gasteiger partial charge in [0.2, 0.25) is 0 Å². The third kappa shape index (κ3) is 4.25. The molecule has 0 saturated carbocycles. The van der Waals surface area contributed by atoms with Gasteiger partial charge in [0.1, 0.15) is 5.84 Å². The van der Waals surface area contributed by atoms with Crippen LogP contribution in [0.2, 0.25) is 0 Å². The smallest absolute Gasteiger partial charge is 0.133 e. The Kier molecular flexibility index (Phi) is 5.89. The third-order valence-corrected chi connectivity index (χ3v) is 8.29. The Bertz CT molecular complexity index is 2120. The largest absolute Gasteiger partial charge is 0.340 e. The molecule has 8 rings (SSSR count). The molecule has 2 nitrogen and oxygen atoms in total. The second-order valence-corrected chi connectivity index (χ2v) is 10.8. The van der Waals surface area contributed by atoms with Crippen LogP contribution in [0.4, 0.5) is 0 Å². The third-order valence-electron chi connectivity index (χ3n) is 8.29. The highest BCUT2D eigenvalue weighted by Gasteiger charge is 2.19. The van der Waals surface area contributed by atoms with E-state index >= 15 is 0 Å². The first-order chi connectivity index (χ1) is 20.8. The van der Waals surface area contributed by atoms with Crippen molar-refractivity contribution >= 4 is 43.9 Å². The van der Waals surface area contributed by atoms with Gasteiger partial charge in [0.15, 0.2) is 0 Å². The number of fused-ring (bicyclic) bond motifs is 6. The molecule has 1 unspecified atom stereocenters. The van der Waals surface area contributed by atoms with Gasteiger partial charge in [-0.25, -0.2) is 0 Å². The molecule has 0 radical (unpaired) electrons. The van der Waals surface area contributed by atoms with Crippen molar-refractivity contribution < 1.29 is 0 Å². The van der Waals surface area contributed by atoms with Gasteiger partial charge in [-0.2, -0.15) is 0 Å². The summed E-state index contributed by atoms with van der Waals surface area (Å²) in [4.78, 5) is 5.10. The molecule has 0 aromatic heterocycles. The Morgan fingerprint density at radius 3 is 1.62 bits per heavy atom. The van der Waals surface area contributed by atoms with Gasteiger partial charge in [0, 0.05) is 11.3 Å². The average molecular weight is 537 g/mol. The fourth-order valence-electron chi connectivity index (χ4n) is 6.22. The van der Waals surface area contributed by atoms with Crippen LogP contribution in [0.1, 0.15) is 22.7 Å². The number of rotatable bonds is 4. The van der Waals surface area contributed by atoms with Crippen molar-refractivity contribution in [3.63, 3.8) is 0 Å². The van der Waals surface area contributed by atoms with Gasteiger partial charge in [-0.3, -0.25) is 4.99 Å². The Labute approximate surface area is 245 Å². The van der Waals surface area contributed by atoms with Gasteiger partial charge in [-0.15, -0.1) is 0 Å². The number of nitrogens with one attached hydrogen (secondary N) is 1. The molecule has 7 aromatic rings. The summed E-state index contributed by atoms with van der Waals surface area (Å²) >= 11 is 0. The topological polar surface area (TPSA) is 24.4 Å². The summed E-state index contributed by atoms with van der Waals surface area (Å²) in [5.41, 5.74) is 6.85. The summed E-state index contributed by atoms with van der Waals surface area (Å²) in [7, 11) is 0. The Morgan fingerprint density at radius 1 is 0.405 bits per heavy atom. The fourth-order valence-corrected chi connectivity index (χ4v) is 6.22. The Morgan fingerprint density at radius 2 is 0.929 bits per heavy atom. The summed E-state index contributed by atoms with van der Waals surface area (Å²) in [6.45, 7) is 0. The number of benzene rings is 7. The quantitative estimate of drug-likeness (QED) is 0.222. The molecule has 0 aliphatic carbocycles. The predicted octanol–water partition coefficient (Wildman–Crippen LogP) is 9.95. The van der Waals surface area contributed by atoms with Crippen molar-refractivity contribution in [2.75, 3.05) is 0 Å². The van der Waals surface area contributed by atoms with Gasteiger partial charge < -0.3 is 5.32 Å². The first kappa shape index (κ1) is 24.3. The van der Waals surface area contributed by atoms with E-state index in [0.29, 0.717) is 0 Å². The second-order valence-electron chi connectivity index (χ2n) is 10.8. The summed E-state index contributed by atoms with van der Waals surface area (Å²) < 4.78 is 0. The van der Waals surface area contributed by atoms with Crippen LogP contribution in [0.3, 0.4) is 0 Å². The summed E-state index contributed by atoms with van der Waals surface area (Å²) in [6, 6.07) is 54.0. The van der Waals surface area contributed by atoms with Crippen molar-refractivity contribution in [2.24, 2.45) is 4.99 Å². The van der Waals surface area contributed by atoms with E-state index < -0.39 is 0 Å². The predicted molar refractivity (Wildman–Crippen MR) is 178 cm³/mol. The van der Waals surface area contributed by atoms with Crippen molar-refractivity contribution in [1.29, 1.82) is 0 Å². The first-order valence-electron chi connectivity index (χ1n) is 14.4. The minimum Gasteiger partial charge on any atom is -0.340 e. The monoisotopic (exact) mass is 536 g/mol. The molecule has 1 N–H and O–H groups in total. The van der Waals surface area contributed by atoms with Crippen LogP contribution in [-0.2, 0) is 0 Å². The average Bonchev–Trinajstić information content (AvgIpc) is 3.09. The van der Waals surface area contributed by atoms with Crippen molar-refractivity contribution in [2.45, 2.75) is 6.04 Å². The van der Waals surface area contributed by atoms with Crippen molar-refractivity contribution in [3.05, 3.63) is 174 Å². The van der Waals surface area contributed by atoms with Gasteiger partial charge in [0.05, 0.1) is 6.04 Å². The summed E-state index contributed by atoms with van der Waals surface area (Å²) in [5, 5.41) is 11.4. The normalized spacial score (nSPS) is 14.9. The number of hydrogen-bond donors (Lipinski definition) is 1. The van der Waals surface area contributed by atoms with E-state index in [1.54, 1.807) is 0 Å². The van der Waals surface area contributed by atoms with Crippen molar-refractivity contribution in [1.82, 2.24) is 5.32 Å². The lowest BCUT2D eigenvalue weighted by Gasteiger charge is -2.23. The zero-order valence-electron chi connectivity index (χ0n) is 23.0. The maximum absolute atomic E-state index is 5.10. The molecule has 1 aliphatic heterocycles. The van der Waals surface area contributed by atoms with E-state index in [1.165, 1.54) is 49.0 Å². The SMILES string of the molecule is C1=C(c2cccc(-c3ccc4c5ccccc5c5ccccc5c4c3)c2)NC(c2ccccc2)=NC1c1ccccc1. The van der Waals surface area contributed by atoms with Crippen LogP contribution in [-0.4, -0.2) is 5.84 Å². The molecule has 0 saturated heterocycles. The van der Waals surface area contributed by atoms with Crippen molar-refractivity contribution in [3.8, 4) is 11.1 Å². The molecular formula is C40H28N2. The highest BCUT2D eigenvalue weighted by molar-refractivity contribution is 6.25. The first-order valence-corrected chi connectivity index (χ1v) is 14.4. The lowest BCUT2D eigenvalue weighted by Crippen LogP contribution is -2.27. The lowest BCUT2D eigenvalue weighted by atomic mass is 9.91. The second kappa shape index (κ2) is 10.2. The summed E-state index contributed by atoms with van der Waals surface area (Å²) in [5.74, 6) is 0.886. The molecule has 42 heavy (non-hydrogen) atoms. The highest BCUT2D eigenvalue weighted by atomic mass is 15.0. The number of amidine groups is 1. The van der Waals surface area contributed by atoms with Gasteiger partial charge in [0.25, 0.3) is 0 Å². The summed E-state index contributed by atoms with van der Waals surface area (Å²) in [6.07, 6.45) is 2.24. The van der Waals surface area contributed by atoms with Crippen LogP contribution in [0.15, 0.2) is 163 Å². The van der Waals surface area contributed by atoms with Crippen LogP contribution in [0.25, 0.3) is 49.1 Å². The van der Waals surface area contributed by atoms with Crippen LogP contribution in [0, 0.1) is 0 Å². The molecule has 0 fully saturated rings. The number of nitrogens with zero attached hydrogens (tertiary/aromatic N) is 1. The van der Waals surface area contributed by atoms with Crippen LogP contribution >= 0.6 is 0 Å². The van der Waals surface area contributed by atoms with E-state index in [2.05, 4.69) is 157 Å². The molecule has 0 amide bonds. The minimum absolute atomic E-state index is 0.0679. The molecule has 2 heteroatoms. The maximum Gasteiger partial charge on any atom is 0.133 e. The lowest BCUT2D eigenvalue weighted by molar-refractivity contribution is 0.880. The van der Waals surface area contributed by atoms with Gasteiger partial charge >= 0.3 is 0 Å². The molecule has 1 heterocycles. The molecule has 1 atom stereocenters. The van der Waals surface area contributed by atoms with E-state index in [0.717, 1.165) is 22.7 Å². The zero-order valence-corrected chi connectivity index (χ0v) is 23.0. The Balaban J connectivity index is 1.24. The minimum atomic E-state index is -0.0679. The number of hydrogen-bond acceptors (Lipinski definition) is 2. The highest BCUT2D eigenvalue weighted by Crippen LogP contribution is 2.37. The van der Waals surface area contributed by atoms with E-state index in [9.17, 15) is 0 Å². The molecule has 7 aromatic carbocycles. The van der Waals surface area contributed by atoms with E-state index in [4.69, 9.17) is 4.99 Å². The van der Waals surface area contributed by atoms with Crippen LogP contribution in [0.5, 0.6) is 0 Å². The standard InChI is InChI=1S/C40H28N2/c1-3-12-27(13-4-1)38-26-39(42-40(41-38)28-14-5-2-6-15-28)31-17-11-16-29(24-31)30-22-23-36-34-20-8-7-18-32(34)33-19-9-10-21-35(33)37(36)25-30/h1-26,38H,(H,41,42). The van der Waals surface area contributed by atoms with Gasteiger partial charge in [-0.1, -0.05) is 140 Å². The van der Waals surface area contributed by atoms with Crippen LogP contribution < -0.4 is 5.32 Å². The molecule has 1 aliphatic rings. The number of aliphatic imine (C=N–C) groups is 1. The van der Waals surface area contributed by atoms with E-state index in [-0.39, 0.29) is 6.04 Å². The molecule has 0 bridgehead atoms.